The minimum atomic E-state index is -0.607. The van der Waals surface area contributed by atoms with Crippen molar-refractivity contribution in [2.45, 2.75) is 0 Å². The third-order valence-electron chi connectivity index (χ3n) is 4.75. The summed E-state index contributed by atoms with van der Waals surface area (Å²) >= 11 is 0. The van der Waals surface area contributed by atoms with Crippen LogP contribution < -0.4 is 5.73 Å². The molecule has 5 aromatic carbocycles. The minimum absolute atomic E-state index is 0.0598. The summed E-state index contributed by atoms with van der Waals surface area (Å²) in [6.07, 6.45) is 0. The summed E-state index contributed by atoms with van der Waals surface area (Å²) in [5, 5.41) is 1.56. The lowest BCUT2D eigenvalue weighted by atomic mass is 9.92. The van der Waals surface area contributed by atoms with Gasteiger partial charge in [0.25, 0.3) is 0 Å². The zero-order valence-electron chi connectivity index (χ0n) is 24.4. The van der Waals surface area contributed by atoms with Gasteiger partial charge in [0.1, 0.15) is 0 Å². The standard InChI is InChI=1S/C28H21N/c29-26-16-14-22(15-17-26)25-18-24-8-4-5-9-27(24)28(19-25)23-12-10-21(11-13-23)20-6-2-1-3-7-20/h1-19H,29H2/i1D,2D,3D,6D,7D,10D,11D,12D,13D. The Morgan fingerprint density at radius 2 is 1.21 bits per heavy atom. The first-order valence-corrected chi connectivity index (χ1v) is 9.09. The molecule has 1 nitrogen and oxygen atoms in total. The predicted molar refractivity (Wildman–Crippen MR) is 125 cm³/mol. The molecule has 1 heteroatoms. The number of fused-ring (bicyclic) bond motifs is 1. The molecule has 0 spiro atoms. The van der Waals surface area contributed by atoms with Crippen molar-refractivity contribution < 1.29 is 12.3 Å². The van der Waals surface area contributed by atoms with Crippen molar-refractivity contribution in [1.29, 1.82) is 0 Å². The van der Waals surface area contributed by atoms with Gasteiger partial charge in [-0.15, -0.1) is 0 Å². The number of hydrogen-bond acceptors (Lipinski definition) is 1. The van der Waals surface area contributed by atoms with Crippen LogP contribution in [0.4, 0.5) is 5.69 Å². The summed E-state index contributed by atoms with van der Waals surface area (Å²) in [4.78, 5) is 0. The molecule has 0 saturated carbocycles. The molecule has 0 aliphatic rings. The van der Waals surface area contributed by atoms with Crippen LogP contribution in [0.5, 0.6) is 0 Å². The highest BCUT2D eigenvalue weighted by molar-refractivity contribution is 6.00. The van der Waals surface area contributed by atoms with Crippen LogP contribution in [0.2, 0.25) is 0 Å². The van der Waals surface area contributed by atoms with E-state index in [-0.39, 0.29) is 28.8 Å². The highest BCUT2D eigenvalue weighted by atomic mass is 14.5. The average Bonchev–Trinajstić information content (AvgIpc) is 2.92. The van der Waals surface area contributed by atoms with Crippen molar-refractivity contribution in [3.05, 3.63) is 115 Å². The van der Waals surface area contributed by atoms with Gasteiger partial charge in [0.2, 0.25) is 0 Å². The third-order valence-corrected chi connectivity index (χ3v) is 4.75. The SMILES string of the molecule is [2H]c1c([2H])c([2H])c(-c2c([2H])c([2H])c(-c3cc(-c4ccc(N)cc4)cc4ccccc34)c([2H])c2[2H])c([2H])c1[2H]. The lowest BCUT2D eigenvalue weighted by Crippen LogP contribution is -1.87. The second-order valence-corrected chi connectivity index (χ2v) is 6.62. The fourth-order valence-corrected chi connectivity index (χ4v) is 3.31. The van der Waals surface area contributed by atoms with Crippen LogP contribution in [-0.2, 0) is 0 Å². The second kappa shape index (κ2) is 7.29. The molecular weight excluding hydrogens is 350 g/mol. The first kappa shape index (κ1) is 10.1. The Balaban J connectivity index is 1.84. The van der Waals surface area contributed by atoms with Crippen LogP contribution >= 0.6 is 0 Å². The molecule has 0 amide bonds. The van der Waals surface area contributed by atoms with E-state index in [1.807, 2.05) is 48.5 Å². The fraction of sp³-hybridized carbons (Fsp3) is 0. The van der Waals surface area contributed by atoms with E-state index >= 15 is 0 Å². The van der Waals surface area contributed by atoms with Gasteiger partial charge in [-0.1, -0.05) is 90.8 Å². The van der Waals surface area contributed by atoms with Gasteiger partial charge < -0.3 is 5.73 Å². The zero-order chi connectivity index (χ0) is 27.5. The highest BCUT2D eigenvalue weighted by Gasteiger charge is 2.08. The second-order valence-electron chi connectivity index (χ2n) is 6.62. The summed E-state index contributed by atoms with van der Waals surface area (Å²) in [7, 11) is 0. The van der Waals surface area contributed by atoms with E-state index in [0.717, 1.165) is 21.9 Å². The highest BCUT2D eigenvalue weighted by Crippen LogP contribution is 2.35. The normalized spacial score (nSPS) is 15.2. The van der Waals surface area contributed by atoms with Crippen LogP contribution in [0.1, 0.15) is 12.3 Å². The molecule has 0 atom stereocenters. The van der Waals surface area contributed by atoms with E-state index < -0.39 is 42.3 Å². The molecule has 0 radical (unpaired) electrons. The molecule has 5 aromatic rings. The molecule has 0 unspecified atom stereocenters. The van der Waals surface area contributed by atoms with Crippen molar-refractivity contribution in [2.24, 2.45) is 0 Å². The maximum Gasteiger partial charge on any atom is 0.0629 e. The van der Waals surface area contributed by atoms with E-state index in [9.17, 15) is 0 Å². The predicted octanol–water partition coefficient (Wildman–Crippen LogP) is 7.42. The van der Waals surface area contributed by atoms with E-state index in [1.54, 1.807) is 12.1 Å². The van der Waals surface area contributed by atoms with Gasteiger partial charge in [0.15, 0.2) is 0 Å². The lowest BCUT2D eigenvalue weighted by Gasteiger charge is -2.12. The summed E-state index contributed by atoms with van der Waals surface area (Å²) in [6.45, 7) is 0. The van der Waals surface area contributed by atoms with E-state index in [1.165, 1.54) is 0 Å². The average molecular weight is 381 g/mol. The monoisotopic (exact) mass is 380 g/mol. The van der Waals surface area contributed by atoms with Crippen molar-refractivity contribution >= 4 is 16.5 Å². The van der Waals surface area contributed by atoms with Crippen LogP contribution in [0, 0.1) is 0 Å². The largest absolute Gasteiger partial charge is 0.399 e. The minimum Gasteiger partial charge on any atom is -0.399 e. The first-order valence-electron chi connectivity index (χ1n) is 13.6. The molecular formula is C28H21N. The van der Waals surface area contributed by atoms with Gasteiger partial charge >= 0.3 is 0 Å². The molecule has 0 fully saturated rings. The van der Waals surface area contributed by atoms with E-state index in [4.69, 9.17) is 18.1 Å². The van der Waals surface area contributed by atoms with Crippen molar-refractivity contribution in [2.75, 3.05) is 5.73 Å². The number of nitrogen functional groups attached to an aromatic ring is 1. The van der Waals surface area contributed by atoms with Crippen LogP contribution in [0.15, 0.2) is 115 Å². The molecule has 0 aliphatic carbocycles. The molecule has 0 heterocycles. The van der Waals surface area contributed by atoms with Crippen LogP contribution in [0.3, 0.4) is 0 Å². The van der Waals surface area contributed by atoms with Gasteiger partial charge in [-0.25, -0.2) is 0 Å². The Morgan fingerprint density at radius 3 is 1.97 bits per heavy atom. The topological polar surface area (TPSA) is 26.0 Å². The van der Waals surface area contributed by atoms with Gasteiger partial charge in [-0.3, -0.25) is 0 Å². The molecule has 0 aliphatic heterocycles. The summed E-state index contributed by atoms with van der Waals surface area (Å²) in [5.74, 6) is 0. The van der Waals surface area contributed by atoms with Gasteiger partial charge in [0.05, 0.1) is 12.3 Å². The maximum absolute atomic E-state index is 8.87. The quantitative estimate of drug-likeness (QED) is 0.324. The molecule has 5 rings (SSSR count). The summed E-state index contributed by atoms with van der Waals surface area (Å²) in [5.41, 5.74) is 7.96. The molecule has 0 aromatic heterocycles. The molecule has 0 saturated heterocycles. The van der Waals surface area contributed by atoms with Gasteiger partial charge in [-0.2, -0.15) is 0 Å². The molecule has 2 N–H and O–H groups in total. The summed E-state index contributed by atoms with van der Waals surface area (Å²) < 4.78 is 75.7. The van der Waals surface area contributed by atoms with E-state index in [2.05, 4.69) is 0 Å². The Bertz CT molecular complexity index is 1700. The van der Waals surface area contributed by atoms with Crippen molar-refractivity contribution in [1.82, 2.24) is 0 Å². The van der Waals surface area contributed by atoms with E-state index in [0.29, 0.717) is 11.3 Å². The number of benzene rings is 5. The zero-order valence-corrected chi connectivity index (χ0v) is 15.4. The Hall–Kier alpha value is -3.84. The first-order chi connectivity index (χ1) is 18.0. The Morgan fingerprint density at radius 1 is 0.552 bits per heavy atom. The van der Waals surface area contributed by atoms with Gasteiger partial charge in [-0.05, 0) is 68.4 Å². The number of hydrogen-bond donors (Lipinski definition) is 1. The number of nitrogens with two attached hydrogens (primary N) is 1. The molecule has 138 valence electrons. The van der Waals surface area contributed by atoms with Crippen molar-refractivity contribution in [3.8, 4) is 33.4 Å². The fourth-order valence-electron chi connectivity index (χ4n) is 3.31. The Labute approximate surface area is 183 Å². The number of anilines is 1. The third kappa shape index (κ3) is 3.39. The van der Waals surface area contributed by atoms with Crippen molar-refractivity contribution in [3.63, 3.8) is 0 Å². The molecule has 29 heavy (non-hydrogen) atoms. The van der Waals surface area contributed by atoms with Crippen LogP contribution in [-0.4, -0.2) is 0 Å². The van der Waals surface area contributed by atoms with Crippen LogP contribution in [0.25, 0.3) is 44.2 Å². The van der Waals surface area contributed by atoms with Gasteiger partial charge in [0, 0.05) is 5.69 Å². The number of rotatable bonds is 3. The summed E-state index contributed by atoms with van der Waals surface area (Å²) in [6, 6.07) is 13.8. The lowest BCUT2D eigenvalue weighted by molar-refractivity contribution is 1.59. The molecule has 0 bridgehead atoms. The Kier molecular flexibility index (Phi) is 2.54. The smallest absolute Gasteiger partial charge is 0.0629 e. The maximum atomic E-state index is 8.87.